The summed E-state index contributed by atoms with van der Waals surface area (Å²) in [5.74, 6) is 0.935. The molecule has 1 amide bonds. The molecule has 2 aromatic carbocycles. The van der Waals surface area contributed by atoms with Crippen LogP contribution in [0.2, 0.25) is 0 Å². The van der Waals surface area contributed by atoms with E-state index in [2.05, 4.69) is 37.2 Å². The Morgan fingerprint density at radius 2 is 1.73 bits per heavy atom. The van der Waals surface area contributed by atoms with Gasteiger partial charge in [0.05, 0.1) is 56.5 Å². The second-order valence-electron chi connectivity index (χ2n) is 11.4. The van der Waals surface area contributed by atoms with Gasteiger partial charge < -0.3 is 44.0 Å². The van der Waals surface area contributed by atoms with Crippen LogP contribution in [0.25, 0.3) is 0 Å². The lowest BCUT2D eigenvalue weighted by Crippen LogP contribution is -2.60. The van der Waals surface area contributed by atoms with Crippen LogP contribution in [0.15, 0.2) is 50.1 Å². The second kappa shape index (κ2) is 16.8. The standard InChI is InChI=1S/C36H42N4O9/c1-7-10-45-29-15-23(13-21(4)32(29)44-6)14-25(39-36(43)47-12-9-3)26(17-38)40-27(18-41)24(16-37)30-31(28(40)19-42)35-34(48-20-49-35)22(5)33(30)46-11-8-2/h7-9,13,15,24-28,41-42H,1-3,10-12,14,18-20H2,4-6H3,(H,39,43)/t24?,25-,26?,27+,28-/m0/s1. The van der Waals surface area contributed by atoms with Crippen LogP contribution >= 0.6 is 0 Å². The number of hydrogen-bond donors (Lipinski definition) is 3. The van der Waals surface area contributed by atoms with Gasteiger partial charge in [-0.25, -0.2) is 4.79 Å². The van der Waals surface area contributed by atoms with E-state index in [1.807, 2.05) is 13.0 Å². The summed E-state index contributed by atoms with van der Waals surface area (Å²) in [6, 6.07) is 3.92. The predicted octanol–water partition coefficient (Wildman–Crippen LogP) is 3.90. The first-order valence-corrected chi connectivity index (χ1v) is 15.7. The van der Waals surface area contributed by atoms with Crippen LogP contribution < -0.4 is 29.0 Å². The summed E-state index contributed by atoms with van der Waals surface area (Å²) in [7, 11) is 1.53. The fourth-order valence-corrected chi connectivity index (χ4v) is 6.59. The summed E-state index contributed by atoms with van der Waals surface area (Å²) in [6.07, 6.45) is 3.82. The number of nitrogens with one attached hydrogen (secondary N) is 1. The quantitative estimate of drug-likeness (QED) is 0.219. The Hall–Kier alpha value is -5.21. The Morgan fingerprint density at radius 3 is 2.35 bits per heavy atom. The van der Waals surface area contributed by atoms with Gasteiger partial charge in [-0.3, -0.25) is 4.90 Å². The molecule has 13 nitrogen and oxygen atoms in total. The van der Waals surface area contributed by atoms with Crippen LogP contribution in [0.1, 0.15) is 39.8 Å². The molecule has 2 unspecified atom stereocenters. The van der Waals surface area contributed by atoms with Crippen LogP contribution in [0, 0.1) is 36.5 Å². The van der Waals surface area contributed by atoms with Gasteiger partial charge in [-0.2, -0.15) is 10.5 Å². The fourth-order valence-electron chi connectivity index (χ4n) is 6.59. The first-order valence-electron chi connectivity index (χ1n) is 15.7. The molecule has 2 aliphatic heterocycles. The highest BCUT2D eigenvalue weighted by atomic mass is 16.7. The Kier molecular flexibility index (Phi) is 12.5. The van der Waals surface area contributed by atoms with Crippen LogP contribution in [-0.2, 0) is 11.2 Å². The van der Waals surface area contributed by atoms with E-state index in [4.69, 9.17) is 28.4 Å². The predicted molar refractivity (Wildman–Crippen MR) is 179 cm³/mol. The Bertz CT molecular complexity index is 1650. The molecule has 3 N–H and O–H groups in total. The van der Waals surface area contributed by atoms with Gasteiger partial charge >= 0.3 is 6.09 Å². The van der Waals surface area contributed by atoms with E-state index < -0.39 is 49.4 Å². The summed E-state index contributed by atoms with van der Waals surface area (Å²) >= 11 is 0. The number of fused-ring (bicyclic) bond motifs is 3. The first kappa shape index (κ1) is 36.6. The molecule has 0 radical (unpaired) electrons. The van der Waals surface area contributed by atoms with E-state index in [1.165, 1.54) is 13.2 Å². The second-order valence-corrected chi connectivity index (χ2v) is 11.4. The number of hydrogen-bond acceptors (Lipinski definition) is 12. The van der Waals surface area contributed by atoms with Gasteiger partial charge in [-0.05, 0) is 37.5 Å². The third kappa shape index (κ3) is 7.29. The highest BCUT2D eigenvalue weighted by Gasteiger charge is 2.50. The first-order chi connectivity index (χ1) is 23.7. The lowest BCUT2D eigenvalue weighted by atomic mass is 9.77. The number of aliphatic hydroxyl groups is 2. The number of aryl methyl sites for hydroxylation is 1. The number of alkyl carbamates (subject to hydrolysis) is 1. The molecule has 260 valence electrons. The Morgan fingerprint density at radius 1 is 1.04 bits per heavy atom. The lowest BCUT2D eigenvalue weighted by Gasteiger charge is -2.48. The normalized spacial score (nSPS) is 18.9. The number of aliphatic hydroxyl groups excluding tert-OH is 2. The van der Waals surface area contributed by atoms with Gasteiger partial charge in [0.2, 0.25) is 6.79 Å². The van der Waals surface area contributed by atoms with Gasteiger partial charge in [-0.1, -0.05) is 44.0 Å². The fraction of sp³-hybridized carbons (Fsp3) is 0.417. The molecule has 0 saturated heterocycles. The number of ether oxygens (including phenoxy) is 6. The third-order valence-electron chi connectivity index (χ3n) is 8.48. The number of amides is 1. The summed E-state index contributed by atoms with van der Waals surface area (Å²) < 4.78 is 34.5. The molecule has 5 atom stereocenters. The zero-order valence-electron chi connectivity index (χ0n) is 27.9. The molecule has 2 aromatic rings. The monoisotopic (exact) mass is 674 g/mol. The van der Waals surface area contributed by atoms with Crippen molar-refractivity contribution in [2.75, 3.05) is 46.9 Å². The third-order valence-corrected chi connectivity index (χ3v) is 8.48. The van der Waals surface area contributed by atoms with E-state index >= 15 is 0 Å². The molecule has 13 heteroatoms. The van der Waals surface area contributed by atoms with Crippen molar-refractivity contribution in [3.05, 3.63) is 77.9 Å². The van der Waals surface area contributed by atoms with Gasteiger partial charge in [-0.15, -0.1) is 0 Å². The minimum atomic E-state index is -1.23. The minimum Gasteiger partial charge on any atom is -0.493 e. The maximum atomic E-state index is 13.1. The van der Waals surface area contributed by atoms with Crippen LogP contribution in [-0.4, -0.2) is 86.3 Å². The zero-order valence-corrected chi connectivity index (χ0v) is 27.9. The highest BCUT2D eigenvalue weighted by Crippen LogP contribution is 2.56. The number of nitrogens with zero attached hydrogens (tertiary/aromatic N) is 3. The van der Waals surface area contributed by atoms with Crippen LogP contribution in [0.5, 0.6) is 28.7 Å². The number of rotatable bonds is 16. The average molecular weight is 675 g/mol. The zero-order chi connectivity index (χ0) is 35.7. The molecule has 0 aromatic heterocycles. The molecule has 4 rings (SSSR count). The molecule has 0 saturated carbocycles. The van der Waals surface area contributed by atoms with Crippen molar-refractivity contribution in [1.29, 1.82) is 10.5 Å². The smallest absolute Gasteiger partial charge is 0.407 e. The van der Waals surface area contributed by atoms with Crippen molar-refractivity contribution in [1.82, 2.24) is 10.2 Å². The maximum absolute atomic E-state index is 13.1. The van der Waals surface area contributed by atoms with Crippen molar-refractivity contribution in [3.63, 3.8) is 0 Å². The SMILES string of the molecule is C=CCOC(=O)N[C@@H](Cc1cc(C)c(OC)c(OCC=C)c1)C(C#N)N1[C@H](CO)C(C#N)c2c(OCC=C)c(C)c3c(c2[C@@H]1CO)OCO3. The molecule has 0 spiro atoms. The number of carbonyl (C=O) groups excluding carboxylic acids is 1. The van der Waals surface area contributed by atoms with Crippen molar-refractivity contribution in [2.45, 2.75) is 50.4 Å². The summed E-state index contributed by atoms with van der Waals surface area (Å²) in [6.45, 7) is 13.6. The number of nitriles is 2. The van der Waals surface area contributed by atoms with Gasteiger partial charge in [0.15, 0.2) is 23.0 Å². The van der Waals surface area contributed by atoms with Gasteiger partial charge in [0.25, 0.3) is 0 Å². The molecule has 49 heavy (non-hydrogen) atoms. The van der Waals surface area contributed by atoms with E-state index in [-0.39, 0.29) is 33.0 Å². The van der Waals surface area contributed by atoms with Gasteiger partial charge in [0, 0.05) is 16.7 Å². The topological polar surface area (TPSA) is 176 Å². The van der Waals surface area contributed by atoms with E-state index in [0.717, 1.165) is 5.56 Å². The number of methoxy groups -OCH3 is 1. The largest absolute Gasteiger partial charge is 0.493 e. The maximum Gasteiger partial charge on any atom is 0.407 e. The Labute approximate surface area is 286 Å². The lowest BCUT2D eigenvalue weighted by molar-refractivity contribution is 0.00370. The van der Waals surface area contributed by atoms with E-state index in [0.29, 0.717) is 51.0 Å². The molecule has 0 aliphatic carbocycles. The molecule has 2 heterocycles. The van der Waals surface area contributed by atoms with Crippen LogP contribution in [0.4, 0.5) is 4.79 Å². The molecule has 0 bridgehead atoms. The van der Waals surface area contributed by atoms with Gasteiger partial charge in [0.1, 0.15) is 31.6 Å². The summed E-state index contributed by atoms with van der Waals surface area (Å²) in [5, 5.41) is 46.3. The molecule has 2 aliphatic rings. The molecular formula is C36H42N4O9. The average Bonchev–Trinajstić information content (AvgIpc) is 3.59. The van der Waals surface area contributed by atoms with Crippen LogP contribution in [0.3, 0.4) is 0 Å². The minimum absolute atomic E-state index is 0.0763. The molecular weight excluding hydrogens is 632 g/mol. The van der Waals surface area contributed by atoms with Crippen molar-refractivity contribution < 1.29 is 43.4 Å². The van der Waals surface area contributed by atoms with Crippen molar-refractivity contribution in [2.24, 2.45) is 0 Å². The Balaban J connectivity index is 1.91. The van der Waals surface area contributed by atoms with Crippen molar-refractivity contribution in [3.8, 4) is 40.9 Å². The number of benzene rings is 2. The summed E-state index contributed by atoms with van der Waals surface area (Å²) in [5.41, 5.74) is 2.82. The molecule has 0 fully saturated rings. The number of carbonyl (C=O) groups is 1. The van der Waals surface area contributed by atoms with E-state index in [9.17, 15) is 25.5 Å². The summed E-state index contributed by atoms with van der Waals surface area (Å²) in [4.78, 5) is 14.6. The van der Waals surface area contributed by atoms with E-state index in [1.54, 1.807) is 30.0 Å². The highest BCUT2D eigenvalue weighted by molar-refractivity contribution is 5.69. The van der Waals surface area contributed by atoms with Crippen molar-refractivity contribution >= 4 is 6.09 Å².